The fourth-order valence-electron chi connectivity index (χ4n) is 2.50. The van der Waals surface area contributed by atoms with Crippen LogP contribution in [0, 0.1) is 0 Å². The highest BCUT2D eigenvalue weighted by atomic mass is 32.1. The van der Waals surface area contributed by atoms with E-state index in [1.54, 1.807) is 0 Å². The molecule has 1 saturated heterocycles. The van der Waals surface area contributed by atoms with Crippen LogP contribution in [0.5, 0.6) is 0 Å². The number of likely N-dealkylation sites (tertiary alicyclic amines) is 1. The minimum absolute atomic E-state index is 0.317. The monoisotopic (exact) mass is 271 g/mol. The number of amides is 1. The van der Waals surface area contributed by atoms with Gasteiger partial charge in [-0.2, -0.15) is 0 Å². The first kappa shape index (κ1) is 15.2. The maximum atomic E-state index is 11.3. The van der Waals surface area contributed by atoms with Crippen LogP contribution in [0.1, 0.15) is 47.0 Å². The molecule has 5 heteroatoms. The molecule has 0 aromatic rings. The number of nitrogens with zero attached hydrogens (tertiary/aromatic N) is 2. The molecule has 0 aromatic heterocycles. The van der Waals surface area contributed by atoms with Gasteiger partial charge in [0, 0.05) is 18.6 Å². The largest absolute Gasteiger partial charge is 0.530 e. The number of hydrogen-bond donors (Lipinski definition) is 0. The Kier molecular flexibility index (Phi) is 4.96. The zero-order chi connectivity index (χ0) is 13.9. The molecule has 1 amide bonds. The van der Waals surface area contributed by atoms with Gasteiger partial charge in [-0.15, -0.1) is 0 Å². The van der Waals surface area contributed by atoms with Crippen molar-refractivity contribution in [3.8, 4) is 0 Å². The second kappa shape index (κ2) is 5.87. The van der Waals surface area contributed by atoms with Gasteiger partial charge < -0.3 is 19.7 Å². The first-order valence-corrected chi connectivity index (χ1v) is 6.95. The van der Waals surface area contributed by atoms with Crippen LogP contribution in [0.3, 0.4) is 0 Å². The van der Waals surface area contributed by atoms with Crippen molar-refractivity contribution in [2.75, 3.05) is 13.1 Å². The number of piperidine rings is 1. The molecule has 0 saturated carbocycles. The van der Waals surface area contributed by atoms with Crippen LogP contribution in [0.4, 0.5) is 4.79 Å². The summed E-state index contributed by atoms with van der Waals surface area (Å²) in [5, 5.41) is 11.3. The molecule has 1 unspecified atom stereocenters. The Morgan fingerprint density at radius 3 is 2.17 bits per heavy atom. The lowest BCUT2D eigenvalue weighted by molar-refractivity contribution is -0.271. The van der Waals surface area contributed by atoms with Crippen molar-refractivity contribution in [1.82, 2.24) is 9.80 Å². The minimum atomic E-state index is -1.16. The zero-order valence-electron chi connectivity index (χ0n) is 11.7. The maximum absolute atomic E-state index is 11.3. The van der Waals surface area contributed by atoms with Crippen molar-refractivity contribution >= 4 is 23.3 Å². The molecule has 1 fully saturated rings. The molecular formula is C13H23N2O2S-. The summed E-state index contributed by atoms with van der Waals surface area (Å²) in [5.41, 5.74) is -0.502. The van der Waals surface area contributed by atoms with Crippen LogP contribution in [0.25, 0.3) is 0 Å². The second-order valence-corrected chi connectivity index (χ2v) is 6.29. The minimum Gasteiger partial charge on any atom is -0.530 e. The molecule has 1 aliphatic heterocycles. The molecule has 18 heavy (non-hydrogen) atoms. The van der Waals surface area contributed by atoms with Crippen LogP contribution in [-0.4, -0.2) is 45.6 Å². The van der Waals surface area contributed by atoms with Gasteiger partial charge in [0.05, 0.1) is 6.04 Å². The number of carbonyl (C=O) groups excluding carboxylic acids is 1. The molecule has 4 nitrogen and oxygen atoms in total. The average Bonchev–Trinajstić information content (AvgIpc) is 2.26. The molecule has 0 spiro atoms. The van der Waals surface area contributed by atoms with Crippen molar-refractivity contribution < 1.29 is 9.90 Å². The van der Waals surface area contributed by atoms with Crippen molar-refractivity contribution in [2.24, 2.45) is 0 Å². The lowest BCUT2D eigenvalue weighted by Gasteiger charge is -2.45. The van der Waals surface area contributed by atoms with E-state index >= 15 is 0 Å². The average molecular weight is 271 g/mol. The molecule has 0 N–H and O–H groups in total. The summed E-state index contributed by atoms with van der Waals surface area (Å²) in [4.78, 5) is 15.5. The normalized spacial score (nSPS) is 18.3. The number of carboxylic acid groups (broad SMARTS) is 1. The molecule has 1 aliphatic rings. The van der Waals surface area contributed by atoms with Gasteiger partial charge in [0.25, 0.3) is 0 Å². The summed E-state index contributed by atoms with van der Waals surface area (Å²) in [5.74, 6) is 0. The van der Waals surface area contributed by atoms with Crippen molar-refractivity contribution in [3.63, 3.8) is 0 Å². The molecule has 0 radical (unpaired) electrons. The molecule has 0 bridgehead atoms. The van der Waals surface area contributed by atoms with Gasteiger partial charge in [0.15, 0.2) is 0 Å². The topological polar surface area (TPSA) is 46.6 Å². The Balaban J connectivity index is 2.79. The fraction of sp³-hybridized carbons (Fsp3) is 0.846. The van der Waals surface area contributed by atoms with Gasteiger partial charge in [-0.3, -0.25) is 0 Å². The van der Waals surface area contributed by atoms with E-state index < -0.39 is 11.6 Å². The predicted octanol–water partition coefficient (Wildman–Crippen LogP) is 1.63. The van der Waals surface area contributed by atoms with Crippen LogP contribution in [0.15, 0.2) is 0 Å². The molecule has 1 heterocycles. The lowest BCUT2D eigenvalue weighted by Crippen LogP contribution is -2.60. The third kappa shape index (κ3) is 3.57. The van der Waals surface area contributed by atoms with Crippen LogP contribution in [0.2, 0.25) is 0 Å². The van der Waals surface area contributed by atoms with Gasteiger partial charge in [-0.05, 0) is 47.0 Å². The first-order chi connectivity index (χ1) is 8.25. The van der Waals surface area contributed by atoms with E-state index in [4.69, 9.17) is 12.2 Å². The number of rotatable bonds is 2. The van der Waals surface area contributed by atoms with Crippen LogP contribution < -0.4 is 5.11 Å². The van der Waals surface area contributed by atoms with Crippen LogP contribution >= 0.6 is 12.2 Å². The zero-order valence-corrected chi connectivity index (χ0v) is 12.5. The first-order valence-electron chi connectivity index (χ1n) is 6.54. The highest BCUT2D eigenvalue weighted by molar-refractivity contribution is 7.80. The van der Waals surface area contributed by atoms with Gasteiger partial charge >= 0.3 is 0 Å². The summed E-state index contributed by atoms with van der Waals surface area (Å²) in [6.07, 6.45) is 2.34. The van der Waals surface area contributed by atoms with Gasteiger partial charge in [0.2, 0.25) is 0 Å². The molecular weight excluding hydrogens is 248 g/mol. The van der Waals surface area contributed by atoms with E-state index in [2.05, 4.69) is 4.90 Å². The summed E-state index contributed by atoms with van der Waals surface area (Å²) in [7, 11) is 0. The Labute approximate surface area is 115 Å². The molecule has 0 aliphatic carbocycles. The fourth-order valence-corrected chi connectivity index (χ4v) is 2.79. The predicted molar refractivity (Wildman–Crippen MR) is 74.5 cm³/mol. The third-order valence-corrected chi connectivity index (χ3v) is 3.93. The molecule has 104 valence electrons. The smallest absolute Gasteiger partial charge is 0.137 e. The summed E-state index contributed by atoms with van der Waals surface area (Å²) < 4.78 is 0. The van der Waals surface area contributed by atoms with Gasteiger partial charge in [-0.25, -0.2) is 0 Å². The Morgan fingerprint density at radius 2 is 1.78 bits per heavy atom. The van der Waals surface area contributed by atoms with Crippen molar-refractivity contribution in [2.45, 2.75) is 58.5 Å². The van der Waals surface area contributed by atoms with E-state index in [0.29, 0.717) is 4.99 Å². The van der Waals surface area contributed by atoms with Crippen molar-refractivity contribution in [3.05, 3.63) is 0 Å². The summed E-state index contributed by atoms with van der Waals surface area (Å²) >= 11 is 5.45. The van der Waals surface area contributed by atoms with Crippen LogP contribution in [-0.2, 0) is 0 Å². The van der Waals surface area contributed by atoms with E-state index in [1.165, 1.54) is 11.3 Å². The van der Waals surface area contributed by atoms with Gasteiger partial charge in [0.1, 0.15) is 11.1 Å². The second-order valence-electron chi connectivity index (χ2n) is 5.87. The summed E-state index contributed by atoms with van der Waals surface area (Å²) in [6, 6.07) is -0.317. The number of thiocarbonyl (C=S) groups is 1. The molecule has 1 rings (SSSR count). The van der Waals surface area contributed by atoms with Gasteiger partial charge in [-0.1, -0.05) is 12.2 Å². The van der Waals surface area contributed by atoms with E-state index in [9.17, 15) is 9.90 Å². The van der Waals surface area contributed by atoms with E-state index in [-0.39, 0.29) is 6.04 Å². The Hall–Kier alpha value is -0.840. The highest BCUT2D eigenvalue weighted by Gasteiger charge is 2.30. The van der Waals surface area contributed by atoms with E-state index in [0.717, 1.165) is 25.9 Å². The maximum Gasteiger partial charge on any atom is 0.137 e. The standard InChI is InChI=1S/C13H24N2O2S/c1-10(15(12(16)17)13(2,3)4)11(18)14-8-6-5-7-9-14/h10H,5-9H2,1-4H3,(H,16,17)/p-1. The molecule has 0 aromatic carbocycles. The SMILES string of the molecule is CC(C(=S)N1CCCCC1)N(C(=O)[O-])C(C)(C)C. The molecule has 1 atom stereocenters. The number of carbonyl (C=O) groups is 1. The third-order valence-electron chi connectivity index (χ3n) is 3.33. The lowest BCUT2D eigenvalue weighted by atomic mass is 10.0. The van der Waals surface area contributed by atoms with E-state index in [1.807, 2.05) is 27.7 Å². The highest BCUT2D eigenvalue weighted by Crippen LogP contribution is 2.20. The number of hydrogen-bond acceptors (Lipinski definition) is 3. The Bertz CT molecular complexity index is 319. The Morgan fingerprint density at radius 1 is 1.28 bits per heavy atom. The quantitative estimate of drug-likeness (QED) is 0.716. The summed E-state index contributed by atoms with van der Waals surface area (Å²) in [6.45, 7) is 9.30. The van der Waals surface area contributed by atoms with Crippen molar-refractivity contribution in [1.29, 1.82) is 0 Å².